The van der Waals surface area contributed by atoms with Crippen molar-refractivity contribution in [2.75, 3.05) is 5.75 Å². The number of hydrogen-bond donors (Lipinski definition) is 0. The Morgan fingerprint density at radius 2 is 2.17 bits per heavy atom. The molecule has 0 aliphatic heterocycles. The summed E-state index contributed by atoms with van der Waals surface area (Å²) in [5.41, 5.74) is 0.604. The van der Waals surface area contributed by atoms with Crippen molar-refractivity contribution in [3.8, 4) is 0 Å². The molecule has 0 saturated heterocycles. The maximum absolute atomic E-state index is 12.7. The average molecular weight is 371 g/mol. The normalized spacial score (nSPS) is 12.0. The lowest BCUT2D eigenvalue weighted by Gasteiger charge is -2.08. The third-order valence-corrected chi connectivity index (χ3v) is 5.56. The number of rotatable bonds is 5. The van der Waals surface area contributed by atoms with Gasteiger partial charge in [-0.15, -0.1) is 11.8 Å². The largest absolute Gasteiger partial charge is 0.416 e. The molecule has 0 spiro atoms. The number of aryl methyl sites for hydroxylation is 1. The van der Waals surface area contributed by atoms with E-state index in [0.29, 0.717) is 21.2 Å². The standard InChI is InChI=1S/C15H12F3N3OS2/c1-9-13(24-14-19-8-20-21(9)14)12(22)7-23-6-10-3-2-4-11(5-10)15(16,17)18/h2-5,8H,6-7H2,1H3. The summed E-state index contributed by atoms with van der Waals surface area (Å²) in [5.74, 6) is 0.470. The molecule has 3 rings (SSSR count). The molecule has 2 heterocycles. The first-order chi connectivity index (χ1) is 11.4. The van der Waals surface area contributed by atoms with Gasteiger partial charge in [-0.25, -0.2) is 9.50 Å². The maximum Gasteiger partial charge on any atom is 0.416 e. The number of fused-ring (bicyclic) bond motifs is 1. The zero-order valence-electron chi connectivity index (χ0n) is 12.5. The first-order valence-corrected chi connectivity index (χ1v) is 8.89. The Kier molecular flexibility index (Phi) is 4.64. The van der Waals surface area contributed by atoms with Gasteiger partial charge in [0.15, 0.2) is 5.78 Å². The number of halogens is 3. The molecule has 0 fully saturated rings. The fourth-order valence-electron chi connectivity index (χ4n) is 2.22. The summed E-state index contributed by atoms with van der Waals surface area (Å²) in [7, 11) is 0. The summed E-state index contributed by atoms with van der Waals surface area (Å²) < 4.78 is 39.6. The summed E-state index contributed by atoms with van der Waals surface area (Å²) >= 11 is 2.56. The average Bonchev–Trinajstić information content (AvgIpc) is 3.10. The van der Waals surface area contributed by atoms with Crippen LogP contribution in [0.25, 0.3) is 4.96 Å². The van der Waals surface area contributed by atoms with Gasteiger partial charge in [0.05, 0.1) is 21.9 Å². The van der Waals surface area contributed by atoms with Crippen molar-refractivity contribution >= 4 is 33.8 Å². The Labute approximate surface area is 143 Å². The molecule has 0 atom stereocenters. The highest BCUT2D eigenvalue weighted by Crippen LogP contribution is 2.30. The zero-order valence-corrected chi connectivity index (χ0v) is 14.1. The van der Waals surface area contributed by atoms with E-state index in [4.69, 9.17) is 0 Å². The summed E-state index contributed by atoms with van der Waals surface area (Å²) in [5, 5.41) is 4.03. The van der Waals surface area contributed by atoms with Crippen molar-refractivity contribution in [3.05, 3.63) is 52.3 Å². The molecule has 0 bridgehead atoms. The van der Waals surface area contributed by atoms with Gasteiger partial charge in [-0.2, -0.15) is 18.3 Å². The summed E-state index contributed by atoms with van der Waals surface area (Å²) in [6.45, 7) is 1.79. The highest BCUT2D eigenvalue weighted by Gasteiger charge is 2.30. The number of hydrogen-bond acceptors (Lipinski definition) is 5. The topological polar surface area (TPSA) is 47.3 Å². The molecule has 126 valence electrons. The number of aromatic nitrogens is 3. The Morgan fingerprint density at radius 3 is 2.88 bits per heavy atom. The Hall–Kier alpha value is -1.87. The molecule has 4 nitrogen and oxygen atoms in total. The van der Waals surface area contributed by atoms with E-state index >= 15 is 0 Å². The van der Waals surface area contributed by atoms with E-state index in [0.717, 1.165) is 17.8 Å². The molecule has 0 saturated carbocycles. The number of carbonyl (C=O) groups is 1. The van der Waals surface area contributed by atoms with Gasteiger partial charge in [-0.3, -0.25) is 4.79 Å². The van der Waals surface area contributed by atoms with Gasteiger partial charge in [0, 0.05) is 5.75 Å². The van der Waals surface area contributed by atoms with Crippen LogP contribution >= 0.6 is 23.1 Å². The molecule has 0 N–H and O–H groups in total. The van der Waals surface area contributed by atoms with Crippen LogP contribution in [0.4, 0.5) is 13.2 Å². The van der Waals surface area contributed by atoms with Crippen LogP contribution in [0.15, 0.2) is 30.6 Å². The number of ketones is 1. The molecular weight excluding hydrogens is 359 g/mol. The Morgan fingerprint density at radius 1 is 1.38 bits per heavy atom. The molecule has 9 heteroatoms. The highest BCUT2D eigenvalue weighted by atomic mass is 32.2. The van der Waals surface area contributed by atoms with Crippen LogP contribution in [-0.2, 0) is 11.9 Å². The van der Waals surface area contributed by atoms with Crippen molar-refractivity contribution < 1.29 is 18.0 Å². The minimum atomic E-state index is -4.35. The molecule has 1 aromatic carbocycles. The van der Waals surface area contributed by atoms with E-state index in [1.165, 1.54) is 35.5 Å². The van der Waals surface area contributed by atoms with Gasteiger partial charge < -0.3 is 0 Å². The van der Waals surface area contributed by atoms with E-state index in [1.807, 2.05) is 0 Å². The van der Waals surface area contributed by atoms with Gasteiger partial charge in [0.25, 0.3) is 0 Å². The summed E-state index contributed by atoms with van der Waals surface area (Å²) in [6, 6.07) is 5.16. The van der Waals surface area contributed by atoms with Gasteiger partial charge >= 0.3 is 6.18 Å². The molecule has 0 unspecified atom stereocenters. The van der Waals surface area contributed by atoms with Crippen LogP contribution in [0.3, 0.4) is 0 Å². The predicted octanol–water partition coefficient (Wildman–Crippen LogP) is 4.23. The van der Waals surface area contributed by atoms with Crippen LogP contribution in [0.5, 0.6) is 0 Å². The SMILES string of the molecule is Cc1c(C(=O)CSCc2cccc(C(F)(F)F)c2)sc2ncnn12. The second-order valence-electron chi connectivity index (χ2n) is 5.09. The predicted molar refractivity (Wildman–Crippen MR) is 87.5 cm³/mol. The van der Waals surface area contributed by atoms with Gasteiger partial charge in [0.1, 0.15) is 6.33 Å². The fraction of sp³-hybridized carbons (Fsp3) is 0.267. The van der Waals surface area contributed by atoms with E-state index in [-0.39, 0.29) is 11.5 Å². The van der Waals surface area contributed by atoms with Crippen molar-refractivity contribution in [2.24, 2.45) is 0 Å². The fourth-order valence-corrected chi connectivity index (χ4v) is 4.13. The monoisotopic (exact) mass is 371 g/mol. The van der Waals surface area contributed by atoms with Crippen molar-refractivity contribution in [1.29, 1.82) is 0 Å². The number of thioether (sulfide) groups is 1. The number of carbonyl (C=O) groups excluding carboxylic acids is 1. The first-order valence-electron chi connectivity index (χ1n) is 6.92. The lowest BCUT2D eigenvalue weighted by atomic mass is 10.1. The number of benzene rings is 1. The summed E-state index contributed by atoms with van der Waals surface area (Å²) in [6.07, 6.45) is -2.93. The van der Waals surface area contributed by atoms with Gasteiger partial charge in [0.2, 0.25) is 4.96 Å². The van der Waals surface area contributed by atoms with E-state index in [9.17, 15) is 18.0 Å². The molecule has 0 aliphatic rings. The molecule has 2 aromatic heterocycles. The van der Waals surface area contributed by atoms with Gasteiger partial charge in [-0.05, 0) is 18.6 Å². The molecule has 0 radical (unpaired) electrons. The lowest BCUT2D eigenvalue weighted by molar-refractivity contribution is -0.137. The van der Waals surface area contributed by atoms with E-state index < -0.39 is 11.7 Å². The lowest BCUT2D eigenvalue weighted by Crippen LogP contribution is -2.06. The maximum atomic E-state index is 12.7. The van der Waals surface area contributed by atoms with Crippen LogP contribution in [0.1, 0.15) is 26.5 Å². The molecular formula is C15H12F3N3OS2. The Balaban J connectivity index is 1.63. The second-order valence-corrected chi connectivity index (χ2v) is 7.05. The summed E-state index contributed by atoms with van der Waals surface area (Å²) in [4.78, 5) is 17.6. The highest BCUT2D eigenvalue weighted by molar-refractivity contribution is 7.99. The number of Topliss-reactive ketones (excluding diaryl/α,β-unsaturated/α-hetero) is 1. The zero-order chi connectivity index (χ0) is 17.3. The minimum Gasteiger partial charge on any atom is -0.292 e. The first kappa shape index (κ1) is 17.0. The van der Waals surface area contributed by atoms with Crippen LogP contribution in [0.2, 0.25) is 0 Å². The second kappa shape index (κ2) is 6.56. The number of alkyl halides is 3. The van der Waals surface area contributed by atoms with Crippen LogP contribution in [0, 0.1) is 6.92 Å². The van der Waals surface area contributed by atoms with E-state index in [2.05, 4.69) is 10.1 Å². The molecule has 24 heavy (non-hydrogen) atoms. The third-order valence-electron chi connectivity index (χ3n) is 3.37. The van der Waals surface area contributed by atoms with Crippen molar-refractivity contribution in [2.45, 2.75) is 18.9 Å². The third kappa shape index (κ3) is 3.46. The van der Waals surface area contributed by atoms with Crippen LogP contribution < -0.4 is 0 Å². The van der Waals surface area contributed by atoms with Crippen LogP contribution in [-0.4, -0.2) is 26.1 Å². The molecule has 0 aliphatic carbocycles. The smallest absolute Gasteiger partial charge is 0.292 e. The molecule has 0 amide bonds. The quantitative estimate of drug-likeness (QED) is 0.630. The minimum absolute atomic E-state index is 0.0678. The number of thiazole rings is 1. The Bertz CT molecular complexity index is 886. The van der Waals surface area contributed by atoms with E-state index in [1.54, 1.807) is 17.5 Å². The van der Waals surface area contributed by atoms with Crippen molar-refractivity contribution in [3.63, 3.8) is 0 Å². The molecule has 3 aromatic rings. The van der Waals surface area contributed by atoms with Crippen molar-refractivity contribution in [1.82, 2.24) is 14.6 Å². The number of nitrogens with zero attached hydrogens (tertiary/aromatic N) is 3. The van der Waals surface area contributed by atoms with Gasteiger partial charge in [-0.1, -0.05) is 29.5 Å².